The lowest BCUT2D eigenvalue weighted by Gasteiger charge is -2.09. The molecule has 0 N–H and O–H groups in total. The molecule has 1 aliphatic rings. The number of carbonyl (C=O) groups is 3. The van der Waals surface area contributed by atoms with Crippen molar-refractivity contribution in [3.63, 3.8) is 0 Å². The average molecular weight is 349 g/mol. The zero-order valence-corrected chi connectivity index (χ0v) is 14.4. The number of nitrogens with zero attached hydrogens (tertiary/aromatic N) is 1. The fourth-order valence-electron chi connectivity index (χ4n) is 2.07. The Kier molecular flexibility index (Phi) is 6.43. The number of rotatable bonds is 7. The molecule has 6 nitrogen and oxygen atoms in total. The molecule has 0 spiro atoms. The smallest absolute Gasteiger partial charge is 0.344 e. The summed E-state index contributed by atoms with van der Waals surface area (Å²) < 4.78 is 10.1. The predicted molar refractivity (Wildman–Crippen MR) is 91.5 cm³/mol. The summed E-state index contributed by atoms with van der Waals surface area (Å²) in [4.78, 5) is 36.8. The molecule has 0 saturated carbocycles. The molecule has 0 bridgehead atoms. The molecule has 2 rings (SSSR count). The van der Waals surface area contributed by atoms with Crippen molar-refractivity contribution in [3.05, 3.63) is 34.7 Å². The zero-order chi connectivity index (χ0) is 17.5. The van der Waals surface area contributed by atoms with Gasteiger partial charge in [0, 0.05) is 6.54 Å². The van der Waals surface area contributed by atoms with Crippen molar-refractivity contribution in [1.82, 2.24) is 4.90 Å². The minimum atomic E-state index is -0.425. The van der Waals surface area contributed by atoms with Crippen LogP contribution < -0.4 is 4.74 Å². The van der Waals surface area contributed by atoms with Crippen LogP contribution in [0.15, 0.2) is 29.2 Å². The summed E-state index contributed by atoms with van der Waals surface area (Å²) in [5, 5.41) is -0.234. The van der Waals surface area contributed by atoms with Crippen LogP contribution in [0.1, 0.15) is 25.8 Å². The number of hydrogen-bond donors (Lipinski definition) is 0. The Hall–Kier alpha value is -2.28. The molecular weight excluding hydrogens is 330 g/mol. The Bertz CT molecular complexity index is 653. The first kappa shape index (κ1) is 18.1. The van der Waals surface area contributed by atoms with Crippen molar-refractivity contribution in [2.24, 2.45) is 0 Å². The maximum atomic E-state index is 12.2. The van der Waals surface area contributed by atoms with Crippen molar-refractivity contribution in [3.8, 4) is 5.75 Å². The first-order valence-electron chi connectivity index (χ1n) is 7.69. The standard InChI is InChI=1S/C17H19NO5S/c1-3-9-18-16(20)14(24-17(18)21)10-12-5-7-13(8-6-12)23-11-15(19)22-4-2/h5-8,10H,3-4,9,11H2,1-2H3/b14-10+. The molecule has 1 aliphatic heterocycles. The summed E-state index contributed by atoms with van der Waals surface area (Å²) in [5.41, 5.74) is 0.778. The van der Waals surface area contributed by atoms with Crippen molar-refractivity contribution in [2.45, 2.75) is 20.3 Å². The van der Waals surface area contributed by atoms with Crippen molar-refractivity contribution >= 4 is 35.0 Å². The Morgan fingerprint density at radius 3 is 2.54 bits per heavy atom. The van der Waals surface area contributed by atoms with E-state index in [9.17, 15) is 14.4 Å². The number of imide groups is 1. The number of carbonyl (C=O) groups excluding carboxylic acids is 3. The Balaban J connectivity index is 2.00. The van der Waals surface area contributed by atoms with Crippen LogP contribution in [0.3, 0.4) is 0 Å². The highest BCUT2D eigenvalue weighted by Gasteiger charge is 2.34. The topological polar surface area (TPSA) is 72.9 Å². The van der Waals surface area contributed by atoms with Gasteiger partial charge in [-0.2, -0.15) is 0 Å². The second-order valence-corrected chi connectivity index (χ2v) is 5.99. The molecule has 128 valence electrons. The Morgan fingerprint density at radius 2 is 1.92 bits per heavy atom. The largest absolute Gasteiger partial charge is 0.482 e. The van der Waals surface area contributed by atoms with Gasteiger partial charge in [-0.15, -0.1) is 0 Å². The van der Waals surface area contributed by atoms with Crippen molar-refractivity contribution in [2.75, 3.05) is 19.8 Å². The Morgan fingerprint density at radius 1 is 1.21 bits per heavy atom. The van der Waals surface area contributed by atoms with E-state index in [0.717, 1.165) is 23.7 Å². The molecule has 7 heteroatoms. The monoisotopic (exact) mass is 349 g/mol. The summed E-state index contributed by atoms with van der Waals surface area (Å²) >= 11 is 0.947. The second-order valence-electron chi connectivity index (χ2n) is 5.00. The average Bonchev–Trinajstić information content (AvgIpc) is 2.82. The van der Waals surface area contributed by atoms with E-state index in [4.69, 9.17) is 9.47 Å². The third-order valence-corrected chi connectivity index (χ3v) is 4.07. The maximum Gasteiger partial charge on any atom is 0.344 e. The summed E-state index contributed by atoms with van der Waals surface area (Å²) in [6, 6.07) is 6.91. The molecule has 0 atom stereocenters. The van der Waals surface area contributed by atoms with E-state index in [0.29, 0.717) is 23.8 Å². The molecule has 1 aromatic carbocycles. The van der Waals surface area contributed by atoms with Gasteiger partial charge in [-0.05, 0) is 48.9 Å². The maximum absolute atomic E-state index is 12.2. The van der Waals surface area contributed by atoms with E-state index in [1.54, 1.807) is 37.3 Å². The number of amides is 2. The third kappa shape index (κ3) is 4.61. The number of thioether (sulfide) groups is 1. The molecule has 0 aromatic heterocycles. The van der Waals surface area contributed by atoms with Gasteiger partial charge in [-0.3, -0.25) is 14.5 Å². The Labute approximate surface area is 144 Å². The van der Waals surface area contributed by atoms with Crippen LogP contribution in [-0.2, 0) is 14.3 Å². The predicted octanol–water partition coefficient (Wildman–Crippen LogP) is 3.07. The van der Waals surface area contributed by atoms with Gasteiger partial charge in [0.05, 0.1) is 11.5 Å². The molecule has 1 saturated heterocycles. The van der Waals surface area contributed by atoms with Gasteiger partial charge in [0.15, 0.2) is 6.61 Å². The van der Waals surface area contributed by atoms with Gasteiger partial charge in [0.2, 0.25) is 0 Å². The number of benzene rings is 1. The van der Waals surface area contributed by atoms with E-state index in [2.05, 4.69) is 0 Å². The molecule has 1 heterocycles. The van der Waals surface area contributed by atoms with Gasteiger partial charge < -0.3 is 9.47 Å². The zero-order valence-electron chi connectivity index (χ0n) is 13.6. The third-order valence-electron chi connectivity index (χ3n) is 3.16. The first-order chi connectivity index (χ1) is 11.5. The molecule has 1 aromatic rings. The van der Waals surface area contributed by atoms with Crippen molar-refractivity contribution in [1.29, 1.82) is 0 Å². The van der Waals surface area contributed by atoms with Crippen LogP contribution in [0.4, 0.5) is 4.79 Å². The minimum Gasteiger partial charge on any atom is -0.482 e. The summed E-state index contributed by atoms with van der Waals surface area (Å²) in [7, 11) is 0. The summed E-state index contributed by atoms with van der Waals surface area (Å²) in [6.07, 6.45) is 2.41. The fourth-order valence-corrected chi connectivity index (χ4v) is 2.94. The fraction of sp³-hybridized carbons (Fsp3) is 0.353. The van der Waals surface area contributed by atoms with Gasteiger partial charge in [0.25, 0.3) is 11.1 Å². The first-order valence-corrected chi connectivity index (χ1v) is 8.50. The van der Waals surface area contributed by atoms with Crippen LogP contribution in [0.2, 0.25) is 0 Å². The summed E-state index contributed by atoms with van der Waals surface area (Å²) in [6.45, 7) is 4.25. The minimum absolute atomic E-state index is 0.150. The molecule has 0 aliphatic carbocycles. The summed E-state index contributed by atoms with van der Waals surface area (Å²) in [5.74, 6) is -0.153. The quantitative estimate of drug-likeness (QED) is 0.556. The molecule has 1 fully saturated rings. The van der Waals surface area contributed by atoms with Gasteiger partial charge in [-0.1, -0.05) is 19.1 Å². The molecule has 24 heavy (non-hydrogen) atoms. The van der Waals surface area contributed by atoms with Crippen LogP contribution in [0, 0.1) is 0 Å². The number of esters is 1. The van der Waals surface area contributed by atoms with Crippen LogP contribution >= 0.6 is 11.8 Å². The molecule has 2 amide bonds. The van der Waals surface area contributed by atoms with E-state index >= 15 is 0 Å². The SMILES string of the molecule is CCCN1C(=O)S/C(=C/c2ccc(OCC(=O)OCC)cc2)C1=O. The van der Waals surface area contributed by atoms with E-state index in [1.807, 2.05) is 6.92 Å². The highest BCUT2D eigenvalue weighted by molar-refractivity contribution is 8.18. The highest BCUT2D eigenvalue weighted by atomic mass is 32.2. The lowest BCUT2D eigenvalue weighted by Crippen LogP contribution is -2.28. The molecular formula is C17H19NO5S. The van der Waals surface area contributed by atoms with E-state index in [-0.39, 0.29) is 17.8 Å². The van der Waals surface area contributed by atoms with Crippen LogP contribution in [0.25, 0.3) is 6.08 Å². The van der Waals surface area contributed by atoms with Crippen LogP contribution in [-0.4, -0.2) is 41.8 Å². The van der Waals surface area contributed by atoms with Gasteiger partial charge in [0.1, 0.15) is 5.75 Å². The van der Waals surface area contributed by atoms with Gasteiger partial charge in [-0.25, -0.2) is 4.79 Å². The van der Waals surface area contributed by atoms with E-state index < -0.39 is 5.97 Å². The van der Waals surface area contributed by atoms with E-state index in [1.165, 1.54) is 4.90 Å². The lowest BCUT2D eigenvalue weighted by atomic mass is 10.2. The second kappa shape index (κ2) is 8.54. The molecule has 0 radical (unpaired) electrons. The lowest BCUT2D eigenvalue weighted by molar-refractivity contribution is -0.145. The van der Waals surface area contributed by atoms with Gasteiger partial charge >= 0.3 is 5.97 Å². The van der Waals surface area contributed by atoms with Crippen molar-refractivity contribution < 1.29 is 23.9 Å². The number of hydrogen-bond acceptors (Lipinski definition) is 6. The highest BCUT2D eigenvalue weighted by Crippen LogP contribution is 2.32. The normalized spacial score (nSPS) is 15.9. The number of ether oxygens (including phenoxy) is 2. The van der Waals surface area contributed by atoms with Crippen LogP contribution in [0.5, 0.6) is 5.75 Å². The molecule has 0 unspecified atom stereocenters.